The van der Waals surface area contributed by atoms with Gasteiger partial charge in [-0.05, 0) is 84.5 Å². The van der Waals surface area contributed by atoms with E-state index in [9.17, 15) is 9.59 Å². The van der Waals surface area contributed by atoms with Gasteiger partial charge < -0.3 is 14.8 Å². The Kier molecular flexibility index (Phi) is 8.65. The monoisotopic (exact) mass is 626 g/mol. The van der Waals surface area contributed by atoms with Crippen LogP contribution in [0.1, 0.15) is 55.3 Å². The largest absolute Gasteiger partial charge is 0.490 e. The lowest BCUT2D eigenvalue weighted by molar-refractivity contribution is -0.117. The minimum Gasteiger partial charge on any atom is -0.490 e. The van der Waals surface area contributed by atoms with Crippen LogP contribution < -0.4 is 19.7 Å². The number of carbonyl (C=O) groups is 2. The molecule has 0 aromatic heterocycles. The normalized spacial score (nSPS) is 17.7. The van der Waals surface area contributed by atoms with Crippen molar-refractivity contribution in [3.05, 3.63) is 129 Å². The van der Waals surface area contributed by atoms with Gasteiger partial charge in [0.05, 0.1) is 24.0 Å². The molecule has 1 amide bonds. The quantitative estimate of drug-likeness (QED) is 0.222. The number of rotatable bonds is 7. The molecular weight excluding hydrogens is 595 g/mol. The van der Waals surface area contributed by atoms with Gasteiger partial charge in [-0.1, -0.05) is 65.7 Å². The first-order valence-corrected chi connectivity index (χ1v) is 15.4. The van der Waals surface area contributed by atoms with Crippen LogP contribution >= 0.6 is 23.2 Å². The summed E-state index contributed by atoms with van der Waals surface area (Å²) in [6.45, 7) is 4.19. The molecule has 2 atom stereocenters. The molecule has 1 aliphatic carbocycles. The van der Waals surface area contributed by atoms with Crippen molar-refractivity contribution >= 4 is 46.3 Å². The number of nitrogens with one attached hydrogen (secondary N) is 1. The third kappa shape index (κ3) is 6.05. The molecule has 2 aliphatic rings. The molecular formula is C36H32Cl2N2O4. The fourth-order valence-electron chi connectivity index (χ4n) is 6.05. The van der Waals surface area contributed by atoms with Gasteiger partial charge in [0.1, 0.15) is 6.61 Å². The predicted octanol–water partition coefficient (Wildman–Crippen LogP) is 8.89. The molecule has 8 heteroatoms. The molecule has 1 N–H and O–H groups in total. The number of nitrogens with zero attached hydrogens (tertiary/aromatic N) is 1. The number of ketones is 1. The van der Waals surface area contributed by atoms with Gasteiger partial charge in [0.2, 0.25) is 5.91 Å². The first-order chi connectivity index (χ1) is 21.3. The molecule has 0 bridgehead atoms. The Morgan fingerprint density at radius 2 is 1.55 bits per heavy atom. The Morgan fingerprint density at radius 1 is 0.864 bits per heavy atom. The Morgan fingerprint density at radius 3 is 2.25 bits per heavy atom. The fraction of sp³-hybridized carbons (Fsp3) is 0.222. The van der Waals surface area contributed by atoms with E-state index >= 15 is 0 Å². The third-order valence-corrected chi connectivity index (χ3v) is 8.56. The van der Waals surface area contributed by atoms with Gasteiger partial charge in [-0.15, -0.1) is 0 Å². The van der Waals surface area contributed by atoms with Crippen LogP contribution in [-0.4, -0.2) is 18.3 Å². The molecule has 224 valence electrons. The Hall–Kier alpha value is -4.26. The number of benzene rings is 4. The second-order valence-corrected chi connectivity index (χ2v) is 11.8. The van der Waals surface area contributed by atoms with E-state index < -0.39 is 6.04 Å². The van der Waals surface area contributed by atoms with Gasteiger partial charge in [-0.3, -0.25) is 14.5 Å². The van der Waals surface area contributed by atoms with E-state index in [4.69, 9.17) is 32.7 Å². The Bertz CT molecular complexity index is 1730. The standard InChI is InChI=1S/C36H32Cl2N2O4/c1-3-43-34-20-25(12-17-33(34)44-21-23-8-13-27(37)14-9-23)36-35-30(39-29-6-4-5-7-31(29)40(36)22(2)41)18-26(19-32(35)42)24-10-15-28(38)16-11-24/h4-17,20,26,36,39H,3,18-19,21H2,1-2H3. The number of hydrogen-bond donors (Lipinski definition) is 1. The Labute approximate surface area is 267 Å². The number of hydrogen-bond acceptors (Lipinski definition) is 5. The van der Waals surface area contributed by atoms with E-state index in [0.717, 1.165) is 28.1 Å². The van der Waals surface area contributed by atoms with Crippen molar-refractivity contribution in [3.63, 3.8) is 0 Å². The summed E-state index contributed by atoms with van der Waals surface area (Å²) in [6.07, 6.45) is 0.932. The number of amides is 1. The zero-order valence-electron chi connectivity index (χ0n) is 24.5. The lowest BCUT2D eigenvalue weighted by Crippen LogP contribution is -2.37. The number of ether oxygens (including phenoxy) is 2. The smallest absolute Gasteiger partial charge is 0.224 e. The summed E-state index contributed by atoms with van der Waals surface area (Å²) in [5.74, 6) is 0.900. The van der Waals surface area contributed by atoms with E-state index in [-0.39, 0.29) is 17.6 Å². The number of Topliss-reactive ketones (excluding diaryl/α,β-unsaturated/α-hetero) is 1. The van der Waals surface area contributed by atoms with Gasteiger partial charge in [-0.25, -0.2) is 0 Å². The molecule has 1 aliphatic heterocycles. The maximum absolute atomic E-state index is 14.2. The molecule has 4 aromatic carbocycles. The molecule has 0 spiro atoms. The maximum Gasteiger partial charge on any atom is 0.224 e. The van der Waals surface area contributed by atoms with Crippen LogP contribution in [0, 0.1) is 0 Å². The maximum atomic E-state index is 14.2. The number of halogens is 2. The average molecular weight is 628 g/mol. The van der Waals surface area contributed by atoms with Crippen LogP contribution in [0.2, 0.25) is 10.0 Å². The van der Waals surface area contributed by atoms with Crippen LogP contribution in [-0.2, 0) is 16.2 Å². The Balaban J connectivity index is 1.44. The zero-order chi connectivity index (χ0) is 30.8. The van der Waals surface area contributed by atoms with E-state index in [0.29, 0.717) is 58.9 Å². The zero-order valence-corrected chi connectivity index (χ0v) is 26.0. The number of anilines is 2. The molecule has 0 radical (unpaired) electrons. The van der Waals surface area contributed by atoms with Crippen molar-refractivity contribution in [2.75, 3.05) is 16.8 Å². The van der Waals surface area contributed by atoms with E-state index in [2.05, 4.69) is 5.32 Å². The summed E-state index contributed by atoms with van der Waals surface area (Å²) >= 11 is 12.2. The topological polar surface area (TPSA) is 67.9 Å². The summed E-state index contributed by atoms with van der Waals surface area (Å²) in [6, 6.07) is 27.8. The van der Waals surface area contributed by atoms with Gasteiger partial charge in [0.25, 0.3) is 0 Å². The van der Waals surface area contributed by atoms with Crippen LogP contribution in [0.3, 0.4) is 0 Å². The average Bonchev–Trinajstić information content (AvgIpc) is 3.16. The van der Waals surface area contributed by atoms with Crippen LogP contribution in [0.5, 0.6) is 11.5 Å². The minimum atomic E-state index is -0.665. The molecule has 0 saturated carbocycles. The fourth-order valence-corrected chi connectivity index (χ4v) is 6.30. The van der Waals surface area contributed by atoms with Gasteiger partial charge in [0, 0.05) is 34.7 Å². The van der Waals surface area contributed by atoms with Crippen molar-refractivity contribution in [2.45, 2.75) is 45.3 Å². The second-order valence-electron chi connectivity index (χ2n) is 11.0. The summed E-state index contributed by atoms with van der Waals surface area (Å²) < 4.78 is 12.2. The second kappa shape index (κ2) is 12.8. The molecule has 2 unspecified atom stereocenters. The molecule has 1 heterocycles. The van der Waals surface area contributed by atoms with E-state index in [1.165, 1.54) is 6.92 Å². The highest BCUT2D eigenvalue weighted by Gasteiger charge is 2.41. The van der Waals surface area contributed by atoms with Gasteiger partial charge in [-0.2, -0.15) is 0 Å². The van der Waals surface area contributed by atoms with Crippen LogP contribution in [0.25, 0.3) is 0 Å². The predicted molar refractivity (Wildman–Crippen MR) is 175 cm³/mol. The van der Waals surface area contributed by atoms with Crippen LogP contribution in [0.15, 0.2) is 102 Å². The highest BCUT2D eigenvalue weighted by molar-refractivity contribution is 6.30. The number of fused-ring (bicyclic) bond motifs is 1. The summed E-state index contributed by atoms with van der Waals surface area (Å²) in [5, 5.41) is 4.87. The first-order valence-electron chi connectivity index (χ1n) is 14.6. The van der Waals surface area contributed by atoms with Crippen molar-refractivity contribution < 1.29 is 19.1 Å². The highest BCUT2D eigenvalue weighted by atomic mass is 35.5. The number of carbonyl (C=O) groups excluding carboxylic acids is 2. The van der Waals surface area contributed by atoms with Crippen molar-refractivity contribution in [3.8, 4) is 11.5 Å². The van der Waals surface area contributed by atoms with Crippen molar-refractivity contribution in [1.29, 1.82) is 0 Å². The van der Waals surface area contributed by atoms with E-state index in [1.54, 1.807) is 4.90 Å². The molecule has 44 heavy (non-hydrogen) atoms. The SMILES string of the molecule is CCOc1cc(C2C3=C(CC(c4ccc(Cl)cc4)CC3=O)Nc3ccccc3N2C(C)=O)ccc1OCc1ccc(Cl)cc1. The minimum absolute atomic E-state index is 0.0104. The van der Waals surface area contributed by atoms with Crippen LogP contribution in [0.4, 0.5) is 11.4 Å². The number of para-hydroxylation sites is 2. The number of allylic oxidation sites excluding steroid dienone is 1. The molecule has 0 fully saturated rings. The summed E-state index contributed by atoms with van der Waals surface area (Å²) in [4.78, 5) is 29.3. The van der Waals surface area contributed by atoms with Gasteiger partial charge >= 0.3 is 0 Å². The molecule has 4 aromatic rings. The summed E-state index contributed by atoms with van der Waals surface area (Å²) in [7, 11) is 0. The molecule has 6 nitrogen and oxygen atoms in total. The van der Waals surface area contributed by atoms with E-state index in [1.807, 2.05) is 97.9 Å². The van der Waals surface area contributed by atoms with Crippen molar-refractivity contribution in [1.82, 2.24) is 0 Å². The lowest BCUT2D eigenvalue weighted by Gasteiger charge is -2.35. The highest BCUT2D eigenvalue weighted by Crippen LogP contribution is 2.48. The molecule has 6 rings (SSSR count). The van der Waals surface area contributed by atoms with Crippen molar-refractivity contribution in [2.24, 2.45) is 0 Å². The first kappa shape index (κ1) is 29.8. The van der Waals surface area contributed by atoms with Gasteiger partial charge in [0.15, 0.2) is 17.3 Å². The molecule has 0 saturated heterocycles. The lowest BCUT2D eigenvalue weighted by atomic mass is 9.78. The third-order valence-electron chi connectivity index (χ3n) is 8.06. The summed E-state index contributed by atoms with van der Waals surface area (Å²) in [5.41, 5.74) is 5.64.